The molecule has 14 heavy (non-hydrogen) atoms. The van der Waals surface area contributed by atoms with Crippen molar-refractivity contribution in [3.8, 4) is 0 Å². The van der Waals surface area contributed by atoms with Crippen LogP contribution in [-0.4, -0.2) is 34.5 Å². The molecule has 1 saturated heterocycles. The Morgan fingerprint density at radius 1 is 1.57 bits per heavy atom. The first-order chi connectivity index (χ1) is 6.66. The molecule has 0 amide bonds. The van der Waals surface area contributed by atoms with Crippen LogP contribution in [0.2, 0.25) is 0 Å². The lowest BCUT2D eigenvalue weighted by molar-refractivity contribution is 0.136. The molecule has 5 heteroatoms. The predicted octanol–water partition coefficient (Wildman–Crippen LogP) is 1.05. The first-order valence-corrected chi connectivity index (χ1v) is 5.71. The molecule has 1 fully saturated rings. The van der Waals surface area contributed by atoms with Crippen LogP contribution < -0.4 is 4.90 Å². The first kappa shape index (κ1) is 9.86. The molecule has 78 valence electrons. The molecule has 1 aromatic heterocycles. The second kappa shape index (κ2) is 3.82. The fraction of sp³-hybridized carbons (Fsp3) is 0.778. The van der Waals surface area contributed by atoms with Crippen molar-refractivity contribution in [2.45, 2.75) is 26.4 Å². The SMILES string of the molecule is Cc1nnc(N2CCC(C(C)O)C2)s1. The van der Waals surface area contributed by atoms with Gasteiger partial charge < -0.3 is 10.0 Å². The van der Waals surface area contributed by atoms with E-state index in [0.29, 0.717) is 5.92 Å². The lowest BCUT2D eigenvalue weighted by atomic mass is 10.0. The van der Waals surface area contributed by atoms with Crippen molar-refractivity contribution in [3.05, 3.63) is 5.01 Å². The van der Waals surface area contributed by atoms with Crippen LogP contribution in [0.15, 0.2) is 0 Å². The van der Waals surface area contributed by atoms with Gasteiger partial charge in [-0.1, -0.05) is 11.3 Å². The normalized spacial score (nSPS) is 24.2. The molecule has 0 radical (unpaired) electrons. The van der Waals surface area contributed by atoms with E-state index in [9.17, 15) is 5.11 Å². The number of anilines is 1. The summed E-state index contributed by atoms with van der Waals surface area (Å²) >= 11 is 1.62. The summed E-state index contributed by atoms with van der Waals surface area (Å²) in [5.74, 6) is 0.388. The summed E-state index contributed by atoms with van der Waals surface area (Å²) < 4.78 is 0. The van der Waals surface area contributed by atoms with E-state index >= 15 is 0 Å². The van der Waals surface area contributed by atoms with Gasteiger partial charge in [0.25, 0.3) is 0 Å². The number of aliphatic hydroxyl groups is 1. The van der Waals surface area contributed by atoms with Crippen LogP contribution in [0.25, 0.3) is 0 Å². The van der Waals surface area contributed by atoms with E-state index in [4.69, 9.17) is 0 Å². The molecule has 0 bridgehead atoms. The zero-order valence-electron chi connectivity index (χ0n) is 8.47. The van der Waals surface area contributed by atoms with Gasteiger partial charge in [-0.25, -0.2) is 0 Å². The molecule has 0 spiro atoms. The highest BCUT2D eigenvalue weighted by atomic mass is 32.1. The Kier molecular flexibility index (Phi) is 2.69. The van der Waals surface area contributed by atoms with Crippen LogP contribution in [0, 0.1) is 12.8 Å². The summed E-state index contributed by atoms with van der Waals surface area (Å²) in [6.07, 6.45) is 0.838. The highest BCUT2D eigenvalue weighted by Gasteiger charge is 2.27. The number of aromatic nitrogens is 2. The molecule has 2 atom stereocenters. The lowest BCUT2D eigenvalue weighted by Gasteiger charge is -2.15. The van der Waals surface area contributed by atoms with Gasteiger partial charge in [-0.05, 0) is 20.3 Å². The summed E-state index contributed by atoms with van der Waals surface area (Å²) in [6, 6.07) is 0. The molecule has 1 aliphatic heterocycles. The van der Waals surface area contributed by atoms with Gasteiger partial charge in [-0.3, -0.25) is 0 Å². The fourth-order valence-corrected chi connectivity index (χ4v) is 2.49. The monoisotopic (exact) mass is 213 g/mol. The van der Waals surface area contributed by atoms with Crippen LogP contribution >= 0.6 is 11.3 Å². The molecule has 4 nitrogen and oxygen atoms in total. The lowest BCUT2D eigenvalue weighted by Crippen LogP contribution is -2.23. The van der Waals surface area contributed by atoms with E-state index in [1.807, 2.05) is 13.8 Å². The third kappa shape index (κ3) is 1.88. The van der Waals surface area contributed by atoms with Crippen molar-refractivity contribution in [2.75, 3.05) is 18.0 Å². The van der Waals surface area contributed by atoms with E-state index in [0.717, 1.165) is 29.6 Å². The maximum Gasteiger partial charge on any atom is 0.208 e. The quantitative estimate of drug-likeness (QED) is 0.798. The van der Waals surface area contributed by atoms with Gasteiger partial charge in [0.1, 0.15) is 5.01 Å². The summed E-state index contributed by atoms with van der Waals surface area (Å²) in [5, 5.41) is 19.6. The number of rotatable bonds is 2. The molecule has 0 saturated carbocycles. The number of nitrogens with zero attached hydrogens (tertiary/aromatic N) is 3. The first-order valence-electron chi connectivity index (χ1n) is 4.90. The molecule has 2 heterocycles. The second-order valence-electron chi connectivity index (χ2n) is 3.84. The molecule has 0 aliphatic carbocycles. The zero-order chi connectivity index (χ0) is 10.1. The highest BCUT2D eigenvalue weighted by molar-refractivity contribution is 7.15. The minimum atomic E-state index is -0.214. The molecule has 2 unspecified atom stereocenters. The molecule has 1 aliphatic rings. The molecular weight excluding hydrogens is 198 g/mol. The van der Waals surface area contributed by atoms with E-state index in [2.05, 4.69) is 15.1 Å². The van der Waals surface area contributed by atoms with Gasteiger partial charge in [0.2, 0.25) is 5.13 Å². The third-order valence-corrected chi connectivity index (χ3v) is 3.59. The van der Waals surface area contributed by atoms with E-state index in [-0.39, 0.29) is 6.10 Å². The Hall–Kier alpha value is -0.680. The Morgan fingerprint density at radius 2 is 2.36 bits per heavy atom. The summed E-state index contributed by atoms with van der Waals surface area (Å²) in [7, 11) is 0. The summed E-state index contributed by atoms with van der Waals surface area (Å²) in [4.78, 5) is 2.21. The number of aliphatic hydroxyl groups excluding tert-OH is 1. The molecule has 1 N–H and O–H groups in total. The smallest absolute Gasteiger partial charge is 0.208 e. The van der Waals surface area contributed by atoms with Crippen LogP contribution in [0.3, 0.4) is 0 Å². The third-order valence-electron chi connectivity index (χ3n) is 2.69. The minimum Gasteiger partial charge on any atom is -0.393 e. The molecule has 0 aromatic carbocycles. The Bertz CT molecular complexity index is 313. The standard InChI is InChI=1S/C9H15N3OS/c1-6(13)8-3-4-12(5-8)9-11-10-7(2)14-9/h6,8,13H,3-5H2,1-2H3. The summed E-state index contributed by atoms with van der Waals surface area (Å²) in [5.41, 5.74) is 0. The average molecular weight is 213 g/mol. The predicted molar refractivity (Wildman–Crippen MR) is 56.6 cm³/mol. The van der Waals surface area contributed by atoms with Crippen molar-refractivity contribution in [2.24, 2.45) is 5.92 Å². The molecular formula is C9H15N3OS. The van der Waals surface area contributed by atoms with E-state index < -0.39 is 0 Å². The topological polar surface area (TPSA) is 49.2 Å². The largest absolute Gasteiger partial charge is 0.393 e. The van der Waals surface area contributed by atoms with Crippen LogP contribution in [0.1, 0.15) is 18.4 Å². The van der Waals surface area contributed by atoms with Crippen LogP contribution in [0.5, 0.6) is 0 Å². The van der Waals surface area contributed by atoms with Crippen LogP contribution in [-0.2, 0) is 0 Å². The number of hydrogen-bond acceptors (Lipinski definition) is 5. The highest BCUT2D eigenvalue weighted by Crippen LogP contribution is 2.27. The Balaban J connectivity index is 2.02. The molecule has 2 rings (SSSR count). The van der Waals surface area contributed by atoms with Crippen molar-refractivity contribution < 1.29 is 5.11 Å². The Labute approximate surface area is 87.6 Å². The van der Waals surface area contributed by atoms with Crippen molar-refractivity contribution in [1.29, 1.82) is 0 Å². The molecule has 1 aromatic rings. The maximum absolute atomic E-state index is 9.46. The maximum atomic E-state index is 9.46. The van der Waals surface area contributed by atoms with Gasteiger partial charge in [0.05, 0.1) is 6.10 Å². The van der Waals surface area contributed by atoms with E-state index in [1.54, 1.807) is 11.3 Å². The van der Waals surface area contributed by atoms with Crippen molar-refractivity contribution in [1.82, 2.24) is 10.2 Å². The van der Waals surface area contributed by atoms with Gasteiger partial charge in [-0.2, -0.15) is 0 Å². The van der Waals surface area contributed by atoms with Gasteiger partial charge in [0, 0.05) is 19.0 Å². The number of aryl methyl sites for hydroxylation is 1. The Morgan fingerprint density at radius 3 is 2.86 bits per heavy atom. The van der Waals surface area contributed by atoms with Crippen molar-refractivity contribution in [3.63, 3.8) is 0 Å². The summed E-state index contributed by atoms with van der Waals surface area (Å²) in [6.45, 7) is 5.72. The number of hydrogen-bond donors (Lipinski definition) is 1. The van der Waals surface area contributed by atoms with Crippen LogP contribution in [0.4, 0.5) is 5.13 Å². The average Bonchev–Trinajstić information content (AvgIpc) is 2.70. The second-order valence-corrected chi connectivity index (χ2v) is 5.00. The van der Waals surface area contributed by atoms with Gasteiger partial charge in [-0.15, -0.1) is 10.2 Å². The van der Waals surface area contributed by atoms with Gasteiger partial charge >= 0.3 is 0 Å². The fourth-order valence-electron chi connectivity index (χ4n) is 1.77. The minimum absolute atomic E-state index is 0.214. The van der Waals surface area contributed by atoms with E-state index in [1.165, 1.54) is 0 Å². The zero-order valence-corrected chi connectivity index (χ0v) is 9.29. The van der Waals surface area contributed by atoms with Gasteiger partial charge in [0.15, 0.2) is 0 Å². The van der Waals surface area contributed by atoms with Crippen molar-refractivity contribution >= 4 is 16.5 Å².